The number of carbonyl (C=O) groups excluding carboxylic acids is 1. The maximum absolute atomic E-state index is 13.3. The molecular weight excluding hydrogens is 357 g/mol. The number of amides is 1. The lowest BCUT2D eigenvalue weighted by atomic mass is 10.1. The van der Waals surface area contributed by atoms with Gasteiger partial charge in [0.25, 0.3) is 5.91 Å². The van der Waals surface area contributed by atoms with Crippen molar-refractivity contribution in [3.8, 4) is 6.07 Å². The van der Waals surface area contributed by atoms with Crippen LogP contribution in [-0.4, -0.2) is 42.4 Å². The van der Waals surface area contributed by atoms with Crippen molar-refractivity contribution in [2.75, 3.05) is 13.6 Å². The van der Waals surface area contributed by atoms with E-state index in [0.29, 0.717) is 12.6 Å². The Morgan fingerprint density at radius 1 is 1.12 bits per heavy atom. The molecule has 0 unspecified atom stereocenters. The molecule has 0 heterocycles. The number of hydrogen-bond acceptors (Lipinski definition) is 2. The van der Waals surface area contributed by atoms with Crippen molar-refractivity contribution in [1.82, 2.24) is 4.90 Å². The molecular formula is C15H11F7N2O. The highest BCUT2D eigenvalue weighted by molar-refractivity contribution is 5.94. The van der Waals surface area contributed by atoms with E-state index in [0.717, 1.165) is 18.2 Å². The average Bonchev–Trinajstić information content (AvgIpc) is 2.51. The number of rotatable bonds is 5. The van der Waals surface area contributed by atoms with Crippen LogP contribution in [0.3, 0.4) is 0 Å². The van der Waals surface area contributed by atoms with Crippen LogP contribution in [0, 0.1) is 11.3 Å². The standard InChI is InChI=1S/C15H11F7N2O/c1-24(9-13(16,17)14(18,19)15(20,21)22)12(25)11-6-4-10(5-7-11)3-2-8-23/h2-7H,9H2,1H3. The Bertz CT molecular complexity index is 687. The molecule has 136 valence electrons. The van der Waals surface area contributed by atoms with Gasteiger partial charge in [0.15, 0.2) is 0 Å². The number of nitriles is 1. The second-order valence-electron chi connectivity index (χ2n) is 5.02. The molecule has 0 saturated carbocycles. The fourth-order valence-electron chi connectivity index (χ4n) is 1.77. The number of benzene rings is 1. The fraction of sp³-hybridized carbons (Fsp3) is 0.333. The number of halogens is 7. The van der Waals surface area contributed by atoms with Gasteiger partial charge in [-0.05, 0) is 23.8 Å². The summed E-state index contributed by atoms with van der Waals surface area (Å²) < 4.78 is 88.6. The number of nitrogens with zero attached hydrogens (tertiary/aromatic N) is 2. The van der Waals surface area contributed by atoms with Crippen LogP contribution in [0.2, 0.25) is 0 Å². The predicted molar refractivity (Wildman–Crippen MR) is 74.0 cm³/mol. The molecule has 0 atom stereocenters. The molecule has 0 fully saturated rings. The highest BCUT2D eigenvalue weighted by Crippen LogP contribution is 2.46. The van der Waals surface area contributed by atoms with Gasteiger partial charge in [0.2, 0.25) is 0 Å². The molecule has 0 aliphatic carbocycles. The molecule has 1 rings (SSSR count). The molecule has 0 N–H and O–H groups in total. The van der Waals surface area contributed by atoms with E-state index >= 15 is 0 Å². The Morgan fingerprint density at radius 2 is 1.64 bits per heavy atom. The van der Waals surface area contributed by atoms with Crippen molar-refractivity contribution >= 4 is 12.0 Å². The Labute approximate surface area is 137 Å². The lowest BCUT2D eigenvalue weighted by Crippen LogP contribution is -2.57. The molecule has 1 aromatic carbocycles. The van der Waals surface area contributed by atoms with Gasteiger partial charge in [-0.2, -0.15) is 36.0 Å². The second kappa shape index (κ2) is 7.13. The van der Waals surface area contributed by atoms with Crippen molar-refractivity contribution < 1.29 is 35.5 Å². The summed E-state index contributed by atoms with van der Waals surface area (Å²) in [4.78, 5) is 12.0. The lowest BCUT2D eigenvalue weighted by Gasteiger charge is -2.31. The van der Waals surface area contributed by atoms with Crippen LogP contribution in [0.5, 0.6) is 0 Å². The van der Waals surface area contributed by atoms with E-state index in [1.807, 2.05) is 0 Å². The first-order valence-corrected chi connectivity index (χ1v) is 6.57. The van der Waals surface area contributed by atoms with Gasteiger partial charge in [-0.1, -0.05) is 12.1 Å². The molecule has 0 aliphatic heterocycles. The van der Waals surface area contributed by atoms with E-state index in [1.165, 1.54) is 18.2 Å². The zero-order chi connectivity index (χ0) is 19.5. The molecule has 10 heteroatoms. The van der Waals surface area contributed by atoms with Gasteiger partial charge in [-0.25, -0.2) is 0 Å². The van der Waals surface area contributed by atoms with Gasteiger partial charge >= 0.3 is 18.0 Å². The quantitative estimate of drug-likeness (QED) is 0.580. The van der Waals surface area contributed by atoms with Crippen LogP contribution in [-0.2, 0) is 0 Å². The third kappa shape index (κ3) is 4.49. The molecule has 1 aromatic rings. The van der Waals surface area contributed by atoms with E-state index in [9.17, 15) is 35.5 Å². The lowest BCUT2D eigenvalue weighted by molar-refractivity contribution is -0.355. The summed E-state index contributed by atoms with van der Waals surface area (Å²) in [5.41, 5.74) is 0.303. The summed E-state index contributed by atoms with van der Waals surface area (Å²) in [6.45, 7) is -2.12. The third-order valence-corrected chi connectivity index (χ3v) is 3.11. The van der Waals surface area contributed by atoms with E-state index in [2.05, 4.69) is 0 Å². The Balaban J connectivity index is 2.93. The SMILES string of the molecule is CN(CC(F)(F)C(F)(F)C(F)(F)F)C(=O)c1ccc(C=CC#N)cc1. The third-order valence-electron chi connectivity index (χ3n) is 3.11. The predicted octanol–water partition coefficient (Wildman–Crippen LogP) is 4.13. The smallest absolute Gasteiger partial charge is 0.335 e. The van der Waals surface area contributed by atoms with Gasteiger partial charge in [0.05, 0.1) is 12.6 Å². The van der Waals surface area contributed by atoms with Crippen LogP contribution < -0.4 is 0 Å². The molecule has 25 heavy (non-hydrogen) atoms. The summed E-state index contributed by atoms with van der Waals surface area (Å²) in [6.07, 6.45) is -3.92. The van der Waals surface area contributed by atoms with Gasteiger partial charge in [-0.15, -0.1) is 0 Å². The maximum Gasteiger partial charge on any atom is 0.459 e. The summed E-state index contributed by atoms with van der Waals surface area (Å²) >= 11 is 0. The number of allylic oxidation sites excluding steroid dienone is 1. The molecule has 0 saturated heterocycles. The Morgan fingerprint density at radius 3 is 2.08 bits per heavy atom. The topological polar surface area (TPSA) is 44.1 Å². The van der Waals surface area contributed by atoms with Crippen molar-refractivity contribution in [1.29, 1.82) is 5.26 Å². The van der Waals surface area contributed by atoms with Gasteiger partial charge in [-0.3, -0.25) is 4.79 Å². The fourth-order valence-corrected chi connectivity index (χ4v) is 1.77. The molecule has 1 amide bonds. The van der Waals surface area contributed by atoms with Crippen molar-refractivity contribution in [3.05, 3.63) is 41.5 Å². The molecule has 0 aromatic heterocycles. The first-order chi connectivity index (χ1) is 11.3. The minimum absolute atomic E-state index is 0.0831. The summed E-state index contributed by atoms with van der Waals surface area (Å²) in [5, 5.41) is 8.36. The number of alkyl halides is 7. The maximum atomic E-state index is 13.3. The first kappa shape index (κ1) is 20.5. The summed E-state index contributed by atoms with van der Waals surface area (Å²) in [7, 11) is 0.687. The highest BCUT2D eigenvalue weighted by atomic mass is 19.4. The molecule has 0 spiro atoms. The summed E-state index contributed by atoms with van der Waals surface area (Å²) in [5.74, 6) is -12.9. The van der Waals surface area contributed by atoms with Gasteiger partial charge in [0, 0.05) is 18.7 Å². The Hall–Kier alpha value is -2.57. The van der Waals surface area contributed by atoms with E-state index in [-0.39, 0.29) is 10.5 Å². The van der Waals surface area contributed by atoms with Crippen LogP contribution in [0.15, 0.2) is 30.3 Å². The van der Waals surface area contributed by atoms with Gasteiger partial charge < -0.3 is 4.90 Å². The van der Waals surface area contributed by atoms with Crippen molar-refractivity contribution in [2.45, 2.75) is 18.0 Å². The summed E-state index contributed by atoms with van der Waals surface area (Å²) in [6, 6.07) is 6.74. The number of carbonyl (C=O) groups is 1. The van der Waals surface area contributed by atoms with Crippen molar-refractivity contribution in [2.24, 2.45) is 0 Å². The monoisotopic (exact) mass is 368 g/mol. The zero-order valence-electron chi connectivity index (χ0n) is 12.6. The van der Waals surface area contributed by atoms with Crippen LogP contribution in [0.4, 0.5) is 30.7 Å². The van der Waals surface area contributed by atoms with Crippen molar-refractivity contribution in [3.63, 3.8) is 0 Å². The van der Waals surface area contributed by atoms with E-state index in [1.54, 1.807) is 6.07 Å². The number of hydrogen-bond donors (Lipinski definition) is 0. The van der Waals surface area contributed by atoms with Crippen LogP contribution in [0.25, 0.3) is 6.08 Å². The zero-order valence-corrected chi connectivity index (χ0v) is 12.6. The minimum atomic E-state index is -6.45. The average molecular weight is 368 g/mol. The Kier molecular flexibility index (Phi) is 5.84. The molecule has 0 radical (unpaired) electrons. The second-order valence-corrected chi connectivity index (χ2v) is 5.02. The van der Waals surface area contributed by atoms with Crippen LogP contribution >= 0.6 is 0 Å². The highest BCUT2D eigenvalue weighted by Gasteiger charge is 2.73. The molecule has 3 nitrogen and oxygen atoms in total. The van der Waals surface area contributed by atoms with Crippen LogP contribution in [0.1, 0.15) is 15.9 Å². The van der Waals surface area contributed by atoms with E-state index in [4.69, 9.17) is 5.26 Å². The minimum Gasteiger partial charge on any atom is -0.335 e. The largest absolute Gasteiger partial charge is 0.459 e. The molecule has 0 bridgehead atoms. The molecule has 0 aliphatic rings. The van der Waals surface area contributed by atoms with Gasteiger partial charge in [0.1, 0.15) is 0 Å². The normalized spacial score (nSPS) is 12.9. The first-order valence-electron chi connectivity index (χ1n) is 6.57. The van der Waals surface area contributed by atoms with E-state index < -0.39 is 30.5 Å².